The predicted molar refractivity (Wildman–Crippen MR) is 95.1 cm³/mol. The second-order valence-electron chi connectivity index (χ2n) is 6.11. The van der Waals surface area contributed by atoms with Gasteiger partial charge in [-0.1, -0.05) is 23.7 Å². The van der Waals surface area contributed by atoms with Crippen molar-refractivity contribution in [2.75, 3.05) is 11.4 Å². The maximum absolute atomic E-state index is 12.0. The first kappa shape index (κ1) is 17.3. The van der Waals surface area contributed by atoms with E-state index in [1.807, 2.05) is 37.3 Å². The molecule has 1 fully saturated rings. The van der Waals surface area contributed by atoms with Crippen molar-refractivity contribution < 1.29 is 19.4 Å². The van der Waals surface area contributed by atoms with Crippen molar-refractivity contribution in [3.8, 4) is 5.75 Å². The Hall–Kier alpha value is -2.53. The van der Waals surface area contributed by atoms with Gasteiger partial charge in [0.15, 0.2) is 0 Å². The quantitative estimate of drug-likeness (QED) is 0.884. The molecule has 1 aliphatic rings. The SMILES string of the molecule is Cc1cc(N2C[C@@H](C(=O)O)CC2=O)ccc1OCc1cccc(Cl)c1. The Morgan fingerprint density at radius 1 is 1.32 bits per heavy atom. The van der Waals surface area contributed by atoms with Crippen LogP contribution in [0.1, 0.15) is 17.5 Å². The lowest BCUT2D eigenvalue weighted by molar-refractivity contribution is -0.141. The number of nitrogens with zero attached hydrogens (tertiary/aromatic N) is 1. The third-order valence-corrected chi connectivity index (χ3v) is 4.46. The van der Waals surface area contributed by atoms with E-state index in [1.54, 1.807) is 12.1 Å². The molecule has 2 aromatic rings. The van der Waals surface area contributed by atoms with Crippen LogP contribution in [0.25, 0.3) is 0 Å². The highest BCUT2D eigenvalue weighted by atomic mass is 35.5. The number of halogens is 1. The number of aryl methyl sites for hydroxylation is 1. The van der Waals surface area contributed by atoms with E-state index in [4.69, 9.17) is 21.4 Å². The Morgan fingerprint density at radius 3 is 2.76 bits per heavy atom. The van der Waals surface area contributed by atoms with Crippen molar-refractivity contribution in [2.24, 2.45) is 5.92 Å². The highest BCUT2D eigenvalue weighted by Gasteiger charge is 2.35. The number of ether oxygens (including phenoxy) is 1. The van der Waals surface area contributed by atoms with E-state index in [1.165, 1.54) is 4.90 Å². The Kier molecular flexibility index (Phi) is 4.95. The summed E-state index contributed by atoms with van der Waals surface area (Å²) in [6.07, 6.45) is 0.0431. The van der Waals surface area contributed by atoms with Crippen LogP contribution in [-0.4, -0.2) is 23.5 Å². The van der Waals surface area contributed by atoms with E-state index in [2.05, 4.69) is 0 Å². The molecule has 1 atom stereocenters. The molecule has 1 saturated heterocycles. The molecule has 6 heteroatoms. The molecule has 0 radical (unpaired) electrons. The molecule has 25 heavy (non-hydrogen) atoms. The number of amides is 1. The maximum Gasteiger partial charge on any atom is 0.308 e. The van der Waals surface area contributed by atoms with E-state index in [0.717, 1.165) is 11.1 Å². The summed E-state index contributed by atoms with van der Waals surface area (Å²) in [5.41, 5.74) is 2.54. The van der Waals surface area contributed by atoms with Gasteiger partial charge < -0.3 is 14.7 Å². The first-order valence-corrected chi connectivity index (χ1v) is 8.33. The van der Waals surface area contributed by atoms with Gasteiger partial charge in [-0.2, -0.15) is 0 Å². The van der Waals surface area contributed by atoms with Crippen LogP contribution in [0.4, 0.5) is 5.69 Å². The van der Waals surface area contributed by atoms with E-state index in [0.29, 0.717) is 23.1 Å². The minimum Gasteiger partial charge on any atom is -0.489 e. The van der Waals surface area contributed by atoms with Crippen LogP contribution in [0, 0.1) is 12.8 Å². The first-order chi connectivity index (χ1) is 11.9. The Labute approximate surface area is 150 Å². The summed E-state index contributed by atoms with van der Waals surface area (Å²) in [5, 5.41) is 9.74. The molecule has 0 spiro atoms. The lowest BCUT2D eigenvalue weighted by Gasteiger charge is -2.18. The topological polar surface area (TPSA) is 66.8 Å². The summed E-state index contributed by atoms with van der Waals surface area (Å²) in [5.74, 6) is -1.04. The minimum absolute atomic E-state index is 0.0431. The van der Waals surface area contributed by atoms with Gasteiger partial charge in [-0.3, -0.25) is 9.59 Å². The molecule has 5 nitrogen and oxygen atoms in total. The molecule has 0 aromatic heterocycles. The van der Waals surface area contributed by atoms with Crippen molar-refractivity contribution in [3.05, 3.63) is 58.6 Å². The fraction of sp³-hybridized carbons (Fsp3) is 0.263. The van der Waals surface area contributed by atoms with Gasteiger partial charge in [0.1, 0.15) is 12.4 Å². The van der Waals surface area contributed by atoms with Gasteiger partial charge >= 0.3 is 5.97 Å². The number of carboxylic acid groups (broad SMARTS) is 1. The Balaban J connectivity index is 1.71. The lowest BCUT2D eigenvalue weighted by atomic mass is 10.1. The number of carbonyl (C=O) groups is 2. The number of carbonyl (C=O) groups excluding carboxylic acids is 1. The van der Waals surface area contributed by atoms with Crippen LogP contribution in [-0.2, 0) is 16.2 Å². The highest BCUT2D eigenvalue weighted by Crippen LogP contribution is 2.30. The van der Waals surface area contributed by atoms with Crippen molar-refractivity contribution >= 4 is 29.2 Å². The molecule has 3 rings (SSSR count). The van der Waals surface area contributed by atoms with Gasteiger partial charge in [-0.25, -0.2) is 0 Å². The number of benzene rings is 2. The third-order valence-electron chi connectivity index (χ3n) is 4.23. The summed E-state index contributed by atoms with van der Waals surface area (Å²) in [4.78, 5) is 24.6. The lowest BCUT2D eigenvalue weighted by Crippen LogP contribution is -2.25. The molecule has 1 aliphatic heterocycles. The van der Waals surface area contributed by atoms with E-state index in [-0.39, 0.29) is 18.9 Å². The van der Waals surface area contributed by atoms with Crippen LogP contribution < -0.4 is 9.64 Å². The standard InChI is InChI=1S/C19H18ClNO4/c1-12-7-16(21-10-14(19(23)24)9-18(21)22)5-6-17(12)25-11-13-3-2-4-15(20)8-13/h2-8,14H,9-11H2,1H3,(H,23,24)/t14-/m0/s1. The number of anilines is 1. The van der Waals surface area contributed by atoms with E-state index in [9.17, 15) is 9.59 Å². The Morgan fingerprint density at radius 2 is 2.12 bits per heavy atom. The summed E-state index contributed by atoms with van der Waals surface area (Å²) in [7, 11) is 0. The molecule has 1 N–H and O–H groups in total. The van der Waals surface area contributed by atoms with Gasteiger partial charge in [0.05, 0.1) is 5.92 Å². The van der Waals surface area contributed by atoms with Crippen molar-refractivity contribution in [1.82, 2.24) is 0 Å². The first-order valence-electron chi connectivity index (χ1n) is 7.95. The van der Waals surface area contributed by atoms with Gasteiger partial charge in [0.25, 0.3) is 0 Å². The fourth-order valence-corrected chi connectivity index (χ4v) is 3.09. The van der Waals surface area contributed by atoms with Gasteiger partial charge in [0.2, 0.25) is 5.91 Å². The van der Waals surface area contributed by atoms with Crippen LogP contribution in [0.5, 0.6) is 5.75 Å². The molecule has 2 aromatic carbocycles. The monoisotopic (exact) mass is 359 g/mol. The average Bonchev–Trinajstić information content (AvgIpc) is 2.96. The second kappa shape index (κ2) is 7.15. The van der Waals surface area contributed by atoms with Crippen molar-refractivity contribution in [1.29, 1.82) is 0 Å². The zero-order chi connectivity index (χ0) is 18.0. The molecule has 0 unspecified atom stereocenters. The number of carboxylic acids is 1. The van der Waals surface area contributed by atoms with Crippen LogP contribution in [0.2, 0.25) is 5.02 Å². The summed E-state index contributed by atoms with van der Waals surface area (Å²) in [6.45, 7) is 2.49. The van der Waals surface area contributed by atoms with Crippen molar-refractivity contribution in [3.63, 3.8) is 0 Å². The van der Waals surface area contributed by atoms with Crippen LogP contribution in [0.3, 0.4) is 0 Å². The van der Waals surface area contributed by atoms with E-state index >= 15 is 0 Å². The van der Waals surface area contributed by atoms with Crippen molar-refractivity contribution in [2.45, 2.75) is 20.0 Å². The van der Waals surface area contributed by atoms with Crippen LogP contribution >= 0.6 is 11.6 Å². The predicted octanol–water partition coefficient (Wildman–Crippen LogP) is 3.66. The second-order valence-corrected chi connectivity index (χ2v) is 6.55. The smallest absolute Gasteiger partial charge is 0.308 e. The normalized spacial score (nSPS) is 17.0. The molecular weight excluding hydrogens is 342 g/mol. The molecule has 130 valence electrons. The number of hydrogen-bond acceptors (Lipinski definition) is 3. The molecule has 0 bridgehead atoms. The average molecular weight is 360 g/mol. The molecule has 1 amide bonds. The summed E-state index contributed by atoms with van der Waals surface area (Å²) < 4.78 is 5.83. The molecule has 0 saturated carbocycles. The van der Waals surface area contributed by atoms with E-state index < -0.39 is 11.9 Å². The fourth-order valence-electron chi connectivity index (χ4n) is 2.87. The number of hydrogen-bond donors (Lipinski definition) is 1. The largest absolute Gasteiger partial charge is 0.489 e. The minimum atomic E-state index is -0.936. The molecule has 1 heterocycles. The summed E-state index contributed by atoms with van der Waals surface area (Å²) >= 11 is 5.96. The highest BCUT2D eigenvalue weighted by molar-refractivity contribution is 6.30. The molecular formula is C19H18ClNO4. The van der Waals surface area contributed by atoms with Gasteiger partial charge in [-0.15, -0.1) is 0 Å². The van der Waals surface area contributed by atoms with Gasteiger partial charge in [-0.05, 0) is 48.4 Å². The zero-order valence-electron chi connectivity index (χ0n) is 13.7. The number of rotatable bonds is 5. The maximum atomic E-state index is 12.0. The van der Waals surface area contributed by atoms with Gasteiger partial charge in [0, 0.05) is 23.7 Å². The van der Waals surface area contributed by atoms with Crippen LogP contribution in [0.15, 0.2) is 42.5 Å². The molecule has 0 aliphatic carbocycles. The third kappa shape index (κ3) is 3.94. The summed E-state index contributed by atoms with van der Waals surface area (Å²) in [6, 6.07) is 12.9. The Bertz CT molecular complexity index is 821. The zero-order valence-corrected chi connectivity index (χ0v) is 14.5. The number of aliphatic carboxylic acids is 1.